The molecule has 0 radical (unpaired) electrons. The van der Waals surface area contributed by atoms with Crippen molar-refractivity contribution >= 4 is 17.5 Å². The summed E-state index contributed by atoms with van der Waals surface area (Å²) in [4.78, 5) is 13.1. The molecule has 2 heterocycles. The van der Waals surface area contributed by atoms with Gasteiger partial charge in [0.25, 0.3) is 0 Å². The van der Waals surface area contributed by atoms with Crippen LogP contribution in [0, 0.1) is 0 Å². The van der Waals surface area contributed by atoms with Gasteiger partial charge in [0.1, 0.15) is 0 Å². The van der Waals surface area contributed by atoms with Crippen molar-refractivity contribution in [3.05, 3.63) is 42.2 Å². The lowest BCUT2D eigenvalue weighted by Crippen LogP contribution is -2.01. The van der Waals surface area contributed by atoms with Crippen molar-refractivity contribution in [2.75, 3.05) is 19.0 Å². The first-order valence-electron chi connectivity index (χ1n) is 6.90. The molecular formula is C16H17NO3S. The molecule has 0 atom stereocenters. The predicted octanol–water partition coefficient (Wildman–Crippen LogP) is 3.16. The Hall–Kier alpha value is -1.88. The Morgan fingerprint density at radius 3 is 2.81 bits per heavy atom. The monoisotopic (exact) mass is 303 g/mol. The molecule has 1 aliphatic heterocycles. The van der Waals surface area contributed by atoms with Gasteiger partial charge in [-0.1, -0.05) is 0 Å². The van der Waals surface area contributed by atoms with E-state index in [9.17, 15) is 4.79 Å². The molecule has 1 aliphatic rings. The van der Waals surface area contributed by atoms with Gasteiger partial charge in [0.2, 0.25) is 0 Å². The number of thioether (sulfide) groups is 1. The standard InChI is InChI=1S/C16H17NO3S/c1-17-6-5-12(10-17)14(18)11-21-13-3-4-15-16(9-13)20-8-2-7-19-15/h3-6,9-10H,2,7-8,11H2,1H3. The molecule has 0 saturated heterocycles. The predicted molar refractivity (Wildman–Crippen MR) is 82.5 cm³/mol. The van der Waals surface area contributed by atoms with E-state index in [-0.39, 0.29) is 5.78 Å². The van der Waals surface area contributed by atoms with Crippen LogP contribution in [-0.2, 0) is 7.05 Å². The zero-order valence-corrected chi connectivity index (χ0v) is 12.7. The van der Waals surface area contributed by atoms with Crippen LogP contribution in [0.2, 0.25) is 0 Å². The van der Waals surface area contributed by atoms with Gasteiger partial charge in [-0.2, -0.15) is 0 Å². The van der Waals surface area contributed by atoms with Crippen LogP contribution in [0.25, 0.3) is 0 Å². The van der Waals surface area contributed by atoms with Crippen LogP contribution >= 0.6 is 11.8 Å². The van der Waals surface area contributed by atoms with E-state index in [1.54, 1.807) is 0 Å². The number of ketones is 1. The van der Waals surface area contributed by atoms with Gasteiger partial charge in [0.15, 0.2) is 17.3 Å². The molecule has 1 aromatic carbocycles. The average molecular weight is 303 g/mol. The molecule has 0 aliphatic carbocycles. The number of nitrogens with zero attached hydrogens (tertiary/aromatic N) is 1. The summed E-state index contributed by atoms with van der Waals surface area (Å²) in [6.45, 7) is 1.36. The molecule has 4 nitrogen and oxygen atoms in total. The molecule has 0 spiro atoms. The van der Waals surface area contributed by atoms with Crippen LogP contribution in [0.3, 0.4) is 0 Å². The van der Waals surface area contributed by atoms with Crippen LogP contribution in [0.4, 0.5) is 0 Å². The van der Waals surface area contributed by atoms with E-state index in [4.69, 9.17) is 9.47 Å². The second-order valence-corrected chi connectivity index (χ2v) is 5.99. The largest absolute Gasteiger partial charge is 0.490 e. The zero-order chi connectivity index (χ0) is 14.7. The summed E-state index contributed by atoms with van der Waals surface area (Å²) in [6.07, 6.45) is 4.62. The molecule has 0 unspecified atom stereocenters. The fourth-order valence-corrected chi connectivity index (χ4v) is 2.95. The summed E-state index contributed by atoms with van der Waals surface area (Å²) >= 11 is 1.52. The smallest absolute Gasteiger partial charge is 0.174 e. The highest BCUT2D eigenvalue weighted by Gasteiger charge is 2.12. The van der Waals surface area contributed by atoms with Crippen molar-refractivity contribution in [2.24, 2.45) is 7.05 Å². The fraction of sp³-hybridized carbons (Fsp3) is 0.312. The molecule has 5 heteroatoms. The van der Waals surface area contributed by atoms with Crippen molar-refractivity contribution in [3.63, 3.8) is 0 Å². The molecule has 1 aromatic heterocycles. The Morgan fingerprint density at radius 1 is 1.24 bits per heavy atom. The topological polar surface area (TPSA) is 40.5 Å². The van der Waals surface area contributed by atoms with Gasteiger partial charge in [0.05, 0.1) is 19.0 Å². The fourth-order valence-electron chi connectivity index (χ4n) is 2.13. The van der Waals surface area contributed by atoms with E-state index < -0.39 is 0 Å². The minimum atomic E-state index is 0.132. The van der Waals surface area contributed by atoms with Crippen molar-refractivity contribution in [1.29, 1.82) is 0 Å². The highest BCUT2D eigenvalue weighted by molar-refractivity contribution is 8.00. The Kier molecular flexibility index (Phi) is 4.20. The van der Waals surface area contributed by atoms with Gasteiger partial charge in [-0.15, -0.1) is 11.8 Å². The van der Waals surface area contributed by atoms with Crippen LogP contribution in [0.15, 0.2) is 41.6 Å². The van der Waals surface area contributed by atoms with Crippen LogP contribution < -0.4 is 9.47 Å². The second-order valence-electron chi connectivity index (χ2n) is 4.94. The first-order valence-corrected chi connectivity index (χ1v) is 7.88. The minimum absolute atomic E-state index is 0.132. The van der Waals surface area contributed by atoms with Crippen molar-refractivity contribution < 1.29 is 14.3 Å². The van der Waals surface area contributed by atoms with Gasteiger partial charge in [-0.3, -0.25) is 4.79 Å². The Labute approximate surface area is 128 Å². The van der Waals surface area contributed by atoms with Gasteiger partial charge < -0.3 is 14.0 Å². The number of aryl methyl sites for hydroxylation is 1. The lowest BCUT2D eigenvalue weighted by molar-refractivity contribution is 0.102. The highest BCUT2D eigenvalue weighted by atomic mass is 32.2. The van der Waals surface area contributed by atoms with E-state index >= 15 is 0 Å². The number of hydrogen-bond donors (Lipinski definition) is 0. The zero-order valence-electron chi connectivity index (χ0n) is 11.9. The maximum absolute atomic E-state index is 12.1. The van der Waals surface area contributed by atoms with Crippen LogP contribution in [0.1, 0.15) is 16.8 Å². The maximum Gasteiger partial charge on any atom is 0.174 e. The number of benzene rings is 1. The molecule has 0 fully saturated rings. The lowest BCUT2D eigenvalue weighted by atomic mass is 10.2. The third kappa shape index (κ3) is 3.42. The highest BCUT2D eigenvalue weighted by Crippen LogP contribution is 2.34. The number of carbonyl (C=O) groups is 1. The number of ether oxygens (including phenoxy) is 2. The lowest BCUT2D eigenvalue weighted by Gasteiger charge is -2.08. The number of carbonyl (C=O) groups excluding carboxylic acids is 1. The summed E-state index contributed by atoms with van der Waals surface area (Å²) < 4.78 is 13.1. The first-order chi connectivity index (χ1) is 10.2. The third-order valence-electron chi connectivity index (χ3n) is 3.24. The summed E-state index contributed by atoms with van der Waals surface area (Å²) in [5.74, 6) is 2.10. The van der Waals surface area contributed by atoms with E-state index in [1.165, 1.54) is 11.8 Å². The van der Waals surface area contributed by atoms with Crippen LogP contribution in [0.5, 0.6) is 11.5 Å². The Bertz CT molecular complexity index is 651. The molecule has 0 saturated carbocycles. The summed E-state index contributed by atoms with van der Waals surface area (Å²) in [5, 5.41) is 0. The normalized spacial score (nSPS) is 13.8. The number of fused-ring (bicyclic) bond motifs is 1. The SMILES string of the molecule is Cn1ccc(C(=O)CSc2ccc3c(c2)OCCCO3)c1. The van der Waals surface area contributed by atoms with Crippen molar-refractivity contribution in [1.82, 2.24) is 4.57 Å². The second kappa shape index (κ2) is 6.26. The Morgan fingerprint density at radius 2 is 2.05 bits per heavy atom. The number of aromatic nitrogens is 1. The maximum atomic E-state index is 12.1. The first kappa shape index (κ1) is 14.1. The van der Waals surface area contributed by atoms with Gasteiger partial charge >= 0.3 is 0 Å². The summed E-state index contributed by atoms with van der Waals surface area (Å²) in [7, 11) is 1.91. The molecule has 2 aromatic rings. The summed E-state index contributed by atoms with van der Waals surface area (Å²) in [6, 6.07) is 7.67. The average Bonchev–Trinajstić information content (AvgIpc) is 2.79. The number of Topliss-reactive ketones (excluding diaryl/α,β-unsaturated/α-hetero) is 1. The molecule has 0 amide bonds. The molecule has 0 bridgehead atoms. The third-order valence-corrected chi connectivity index (χ3v) is 4.24. The van der Waals surface area contributed by atoms with E-state index in [2.05, 4.69) is 0 Å². The quantitative estimate of drug-likeness (QED) is 0.642. The van der Waals surface area contributed by atoms with E-state index in [0.29, 0.717) is 19.0 Å². The molecule has 21 heavy (non-hydrogen) atoms. The van der Waals surface area contributed by atoms with Crippen LogP contribution in [-0.4, -0.2) is 29.3 Å². The summed E-state index contributed by atoms with van der Waals surface area (Å²) in [5.41, 5.74) is 0.749. The molecular weight excluding hydrogens is 286 g/mol. The minimum Gasteiger partial charge on any atom is -0.490 e. The number of hydrogen-bond acceptors (Lipinski definition) is 4. The molecule has 3 rings (SSSR count). The van der Waals surface area contributed by atoms with E-state index in [0.717, 1.165) is 28.4 Å². The van der Waals surface area contributed by atoms with E-state index in [1.807, 2.05) is 48.3 Å². The number of rotatable bonds is 4. The van der Waals surface area contributed by atoms with Crippen molar-refractivity contribution in [3.8, 4) is 11.5 Å². The van der Waals surface area contributed by atoms with Crippen molar-refractivity contribution in [2.45, 2.75) is 11.3 Å². The Balaban J connectivity index is 1.65. The van der Waals surface area contributed by atoms with Gasteiger partial charge in [0, 0.05) is 36.3 Å². The van der Waals surface area contributed by atoms with Gasteiger partial charge in [-0.05, 0) is 24.3 Å². The molecule has 110 valence electrons. The molecule has 0 N–H and O–H groups in total. The van der Waals surface area contributed by atoms with Gasteiger partial charge in [-0.25, -0.2) is 0 Å².